The second kappa shape index (κ2) is 7.73. The fourth-order valence-electron chi connectivity index (χ4n) is 3.08. The van der Waals surface area contributed by atoms with Gasteiger partial charge in [0.2, 0.25) is 5.91 Å². The van der Waals surface area contributed by atoms with E-state index >= 15 is 0 Å². The van der Waals surface area contributed by atoms with Gasteiger partial charge in [-0.2, -0.15) is 0 Å². The number of nitrogens with one attached hydrogen (secondary N) is 1. The van der Waals surface area contributed by atoms with E-state index in [2.05, 4.69) is 27.7 Å². The van der Waals surface area contributed by atoms with Crippen LogP contribution in [0.4, 0.5) is 0 Å². The van der Waals surface area contributed by atoms with Crippen LogP contribution in [0.1, 0.15) is 39.7 Å². The van der Waals surface area contributed by atoms with Gasteiger partial charge in [-0.1, -0.05) is 18.2 Å². The van der Waals surface area contributed by atoms with Crippen LogP contribution >= 0.6 is 11.3 Å². The van der Waals surface area contributed by atoms with Crippen LogP contribution in [-0.4, -0.2) is 30.4 Å². The second-order valence-electron chi connectivity index (χ2n) is 5.97. The molecule has 2 heterocycles. The summed E-state index contributed by atoms with van der Waals surface area (Å²) in [5.41, 5.74) is 6.99. The maximum absolute atomic E-state index is 11.1. The molecule has 1 atom stereocenters. The van der Waals surface area contributed by atoms with Crippen LogP contribution in [0.5, 0.6) is 0 Å². The summed E-state index contributed by atoms with van der Waals surface area (Å²) in [5.74, 6) is -0.378. The number of amides is 1. The summed E-state index contributed by atoms with van der Waals surface area (Å²) in [6, 6.07) is 12.3. The smallest absolute Gasteiger partial charge is 0.248 e. The minimum Gasteiger partial charge on any atom is -0.366 e. The van der Waals surface area contributed by atoms with E-state index in [4.69, 9.17) is 5.73 Å². The van der Waals surface area contributed by atoms with E-state index in [0.717, 1.165) is 13.1 Å². The monoisotopic (exact) mass is 329 g/mol. The number of carbonyl (C=O) groups excluding carboxylic acids is 1. The SMILES string of the molecule is NC(=O)c1ccc(CNC[C@H](c2cccs2)N2CCCC2)cc1. The largest absolute Gasteiger partial charge is 0.366 e. The first-order valence-electron chi connectivity index (χ1n) is 8.11. The Hall–Kier alpha value is -1.69. The summed E-state index contributed by atoms with van der Waals surface area (Å²) in [4.78, 5) is 15.1. The average Bonchev–Trinajstić information content (AvgIpc) is 3.26. The van der Waals surface area contributed by atoms with Crippen LogP contribution in [0.3, 0.4) is 0 Å². The second-order valence-corrected chi connectivity index (χ2v) is 6.95. The fraction of sp³-hybridized carbons (Fsp3) is 0.389. The van der Waals surface area contributed by atoms with Crippen LogP contribution in [0, 0.1) is 0 Å². The highest BCUT2D eigenvalue weighted by Gasteiger charge is 2.23. The topological polar surface area (TPSA) is 58.4 Å². The van der Waals surface area contributed by atoms with Gasteiger partial charge in [0.05, 0.1) is 6.04 Å². The van der Waals surface area contributed by atoms with Crippen molar-refractivity contribution in [2.45, 2.75) is 25.4 Å². The minimum absolute atomic E-state index is 0.378. The Morgan fingerprint density at radius 3 is 2.57 bits per heavy atom. The average molecular weight is 329 g/mol. The number of nitrogens with zero attached hydrogens (tertiary/aromatic N) is 1. The molecule has 0 aliphatic carbocycles. The third-order valence-electron chi connectivity index (χ3n) is 4.36. The fourth-order valence-corrected chi connectivity index (χ4v) is 3.94. The van der Waals surface area contributed by atoms with Gasteiger partial charge in [0.1, 0.15) is 0 Å². The molecule has 0 radical (unpaired) electrons. The highest BCUT2D eigenvalue weighted by atomic mass is 32.1. The summed E-state index contributed by atoms with van der Waals surface area (Å²) in [5, 5.41) is 5.72. The van der Waals surface area contributed by atoms with Crippen molar-refractivity contribution in [2.24, 2.45) is 5.73 Å². The van der Waals surface area contributed by atoms with Crippen molar-refractivity contribution in [3.8, 4) is 0 Å². The van der Waals surface area contributed by atoms with Crippen molar-refractivity contribution in [3.63, 3.8) is 0 Å². The predicted octanol–water partition coefficient (Wildman–Crippen LogP) is 2.77. The summed E-state index contributed by atoms with van der Waals surface area (Å²) < 4.78 is 0. The highest BCUT2D eigenvalue weighted by molar-refractivity contribution is 7.10. The van der Waals surface area contributed by atoms with Gasteiger partial charge in [0.15, 0.2) is 0 Å². The Bertz CT molecular complexity index is 618. The van der Waals surface area contributed by atoms with E-state index in [-0.39, 0.29) is 5.91 Å². The Balaban J connectivity index is 1.57. The molecular weight excluding hydrogens is 306 g/mol. The van der Waals surface area contributed by atoms with Crippen LogP contribution in [0.25, 0.3) is 0 Å². The van der Waals surface area contributed by atoms with Gasteiger partial charge in [-0.3, -0.25) is 9.69 Å². The Morgan fingerprint density at radius 2 is 1.96 bits per heavy atom. The third kappa shape index (κ3) is 4.19. The summed E-state index contributed by atoms with van der Waals surface area (Å²) in [6.07, 6.45) is 2.60. The molecule has 23 heavy (non-hydrogen) atoms. The Morgan fingerprint density at radius 1 is 1.22 bits per heavy atom. The molecular formula is C18H23N3OS. The Labute approximate surface area is 141 Å². The molecule has 1 aromatic carbocycles. The van der Waals surface area contributed by atoms with Gasteiger partial charge in [-0.25, -0.2) is 0 Å². The van der Waals surface area contributed by atoms with E-state index in [9.17, 15) is 4.79 Å². The molecule has 1 aliphatic heterocycles. The van der Waals surface area contributed by atoms with Crippen LogP contribution < -0.4 is 11.1 Å². The zero-order valence-electron chi connectivity index (χ0n) is 13.2. The van der Waals surface area contributed by atoms with Crippen LogP contribution in [0.2, 0.25) is 0 Å². The molecule has 1 aromatic heterocycles. The van der Waals surface area contributed by atoms with Crippen molar-refractivity contribution in [1.29, 1.82) is 0 Å². The molecule has 1 fully saturated rings. The van der Waals surface area contributed by atoms with Gasteiger partial charge in [0.25, 0.3) is 0 Å². The van der Waals surface area contributed by atoms with Crippen LogP contribution in [0.15, 0.2) is 41.8 Å². The van der Waals surface area contributed by atoms with Crippen molar-refractivity contribution in [3.05, 3.63) is 57.8 Å². The molecule has 0 saturated carbocycles. The van der Waals surface area contributed by atoms with E-state index in [1.165, 1.54) is 36.4 Å². The number of rotatable bonds is 7. The quantitative estimate of drug-likeness (QED) is 0.821. The summed E-state index contributed by atoms with van der Waals surface area (Å²) in [7, 11) is 0. The van der Waals surface area contributed by atoms with E-state index in [0.29, 0.717) is 11.6 Å². The van der Waals surface area contributed by atoms with Crippen LogP contribution in [-0.2, 0) is 6.54 Å². The lowest BCUT2D eigenvalue weighted by Crippen LogP contribution is -2.33. The van der Waals surface area contributed by atoms with Crippen molar-refractivity contribution < 1.29 is 4.79 Å². The lowest BCUT2D eigenvalue weighted by Gasteiger charge is -2.27. The molecule has 3 rings (SSSR count). The number of primary amides is 1. The highest BCUT2D eigenvalue weighted by Crippen LogP contribution is 2.27. The molecule has 0 unspecified atom stereocenters. The van der Waals surface area contributed by atoms with Gasteiger partial charge < -0.3 is 11.1 Å². The number of likely N-dealkylation sites (tertiary alicyclic amines) is 1. The molecule has 2 aromatic rings. The molecule has 3 N–H and O–H groups in total. The lowest BCUT2D eigenvalue weighted by molar-refractivity contribution is 0.100. The predicted molar refractivity (Wildman–Crippen MR) is 94.5 cm³/mol. The summed E-state index contributed by atoms with van der Waals surface area (Å²) in [6.45, 7) is 4.13. The maximum atomic E-state index is 11.1. The zero-order valence-corrected chi connectivity index (χ0v) is 14.0. The number of carbonyl (C=O) groups is 1. The molecule has 0 spiro atoms. The standard InChI is InChI=1S/C18H23N3OS/c19-18(22)15-7-5-14(6-8-15)12-20-13-16(17-4-3-11-23-17)21-9-1-2-10-21/h3-8,11,16,20H,1-2,9-10,12-13H2,(H2,19,22)/t16-/m1/s1. The van der Waals surface area contributed by atoms with Crippen molar-refractivity contribution in [1.82, 2.24) is 10.2 Å². The van der Waals surface area contributed by atoms with E-state index in [1.54, 1.807) is 12.1 Å². The molecule has 1 saturated heterocycles. The molecule has 0 bridgehead atoms. The number of benzene rings is 1. The summed E-state index contributed by atoms with van der Waals surface area (Å²) >= 11 is 1.84. The number of thiophene rings is 1. The van der Waals surface area contributed by atoms with E-state index in [1.807, 2.05) is 23.5 Å². The van der Waals surface area contributed by atoms with Gasteiger partial charge >= 0.3 is 0 Å². The number of hydrogen-bond acceptors (Lipinski definition) is 4. The maximum Gasteiger partial charge on any atom is 0.248 e. The van der Waals surface area contributed by atoms with Crippen molar-refractivity contribution >= 4 is 17.2 Å². The third-order valence-corrected chi connectivity index (χ3v) is 5.33. The van der Waals surface area contributed by atoms with Crippen molar-refractivity contribution in [2.75, 3.05) is 19.6 Å². The van der Waals surface area contributed by atoms with Gasteiger partial charge in [-0.15, -0.1) is 11.3 Å². The lowest BCUT2D eigenvalue weighted by atomic mass is 10.1. The number of nitrogens with two attached hydrogens (primary N) is 1. The molecule has 4 nitrogen and oxygen atoms in total. The normalized spacial score (nSPS) is 16.5. The first-order chi connectivity index (χ1) is 11.2. The van der Waals surface area contributed by atoms with E-state index < -0.39 is 0 Å². The zero-order chi connectivity index (χ0) is 16.1. The molecule has 5 heteroatoms. The Kier molecular flexibility index (Phi) is 5.43. The number of hydrogen-bond donors (Lipinski definition) is 2. The van der Waals surface area contributed by atoms with Gasteiger partial charge in [-0.05, 0) is 55.1 Å². The first kappa shape index (κ1) is 16.2. The molecule has 122 valence electrons. The first-order valence-corrected chi connectivity index (χ1v) is 8.99. The molecule has 1 amide bonds. The molecule has 1 aliphatic rings. The van der Waals surface area contributed by atoms with Gasteiger partial charge in [0, 0.05) is 23.5 Å². The minimum atomic E-state index is -0.378.